The molecule has 0 aliphatic rings. The van der Waals surface area contributed by atoms with Gasteiger partial charge in [0.1, 0.15) is 0 Å². The van der Waals surface area contributed by atoms with Crippen molar-refractivity contribution in [3.8, 4) is 0 Å². The molecule has 2 N–H and O–H groups in total. The van der Waals surface area contributed by atoms with Gasteiger partial charge in [0, 0.05) is 6.54 Å². The third-order valence-electron chi connectivity index (χ3n) is 3.20. The van der Waals surface area contributed by atoms with E-state index in [2.05, 4.69) is 10.0 Å². The predicted octanol–water partition coefficient (Wildman–Crippen LogP) is 3.10. The van der Waals surface area contributed by atoms with Crippen molar-refractivity contribution >= 4 is 27.4 Å². The van der Waals surface area contributed by atoms with Crippen LogP contribution >= 0.6 is 0 Å². The van der Waals surface area contributed by atoms with Crippen molar-refractivity contribution in [1.82, 2.24) is 0 Å². The largest absolute Gasteiger partial charge is 0.462 e. The summed E-state index contributed by atoms with van der Waals surface area (Å²) < 4.78 is 32.5. The van der Waals surface area contributed by atoms with Gasteiger partial charge in [0.25, 0.3) is 10.0 Å². The van der Waals surface area contributed by atoms with Crippen molar-refractivity contribution in [3.05, 3.63) is 54.1 Å². The number of nitrogens with one attached hydrogen (secondary N) is 2. The quantitative estimate of drug-likeness (QED) is 0.751. The number of benzene rings is 2. The first-order chi connectivity index (χ1) is 11.5. The van der Waals surface area contributed by atoms with Gasteiger partial charge in [-0.05, 0) is 44.2 Å². The fourth-order valence-electron chi connectivity index (χ4n) is 2.12. The predicted molar refractivity (Wildman–Crippen MR) is 93.8 cm³/mol. The number of hydrogen-bond donors (Lipinski definition) is 2. The second-order valence-corrected chi connectivity index (χ2v) is 6.61. The minimum atomic E-state index is -3.75. The smallest absolute Gasteiger partial charge is 0.338 e. The fourth-order valence-corrected chi connectivity index (χ4v) is 3.21. The van der Waals surface area contributed by atoms with E-state index in [-0.39, 0.29) is 17.1 Å². The third kappa shape index (κ3) is 4.26. The Balaban J connectivity index is 2.39. The number of sulfonamides is 1. The summed E-state index contributed by atoms with van der Waals surface area (Å²) in [6, 6.07) is 12.8. The highest BCUT2D eigenvalue weighted by Crippen LogP contribution is 2.26. The van der Waals surface area contributed by atoms with Gasteiger partial charge in [-0.15, -0.1) is 0 Å². The molecule has 2 aromatic rings. The number of ether oxygens (including phenoxy) is 1. The van der Waals surface area contributed by atoms with E-state index in [0.717, 1.165) is 0 Å². The lowest BCUT2D eigenvalue weighted by Crippen LogP contribution is -2.15. The summed E-state index contributed by atoms with van der Waals surface area (Å²) in [7, 11) is -3.75. The maximum atomic E-state index is 12.5. The molecule has 0 spiro atoms. The minimum absolute atomic E-state index is 0.147. The molecule has 0 aromatic heterocycles. The van der Waals surface area contributed by atoms with Crippen LogP contribution in [0.5, 0.6) is 0 Å². The van der Waals surface area contributed by atoms with Crippen molar-refractivity contribution in [2.24, 2.45) is 0 Å². The Morgan fingerprint density at radius 2 is 1.75 bits per heavy atom. The molecule has 128 valence electrons. The summed E-state index contributed by atoms with van der Waals surface area (Å²) in [5.74, 6) is -0.499. The van der Waals surface area contributed by atoms with E-state index in [9.17, 15) is 13.2 Å². The van der Waals surface area contributed by atoms with Gasteiger partial charge in [-0.2, -0.15) is 0 Å². The number of carbonyl (C=O) groups is 1. The Labute approximate surface area is 141 Å². The van der Waals surface area contributed by atoms with Crippen LogP contribution in [0.3, 0.4) is 0 Å². The second-order valence-electron chi connectivity index (χ2n) is 4.93. The van der Waals surface area contributed by atoms with E-state index in [1.807, 2.05) is 6.92 Å². The third-order valence-corrected chi connectivity index (χ3v) is 4.58. The molecule has 0 bridgehead atoms. The standard InChI is InChI=1S/C17H20N2O4S/c1-3-18-15-11-10-13(17(20)23-4-2)12-16(15)19-24(21,22)14-8-6-5-7-9-14/h5-12,18-19H,3-4H2,1-2H3. The maximum absolute atomic E-state index is 12.5. The van der Waals surface area contributed by atoms with Crippen LogP contribution in [-0.2, 0) is 14.8 Å². The SMILES string of the molecule is CCNc1ccc(C(=O)OCC)cc1NS(=O)(=O)c1ccccc1. The number of carbonyl (C=O) groups excluding carboxylic acids is 1. The average molecular weight is 348 g/mol. The van der Waals surface area contributed by atoms with Crippen LogP contribution in [-0.4, -0.2) is 27.5 Å². The molecule has 0 atom stereocenters. The fraction of sp³-hybridized carbons (Fsp3) is 0.235. The summed E-state index contributed by atoms with van der Waals surface area (Å²) in [6.07, 6.45) is 0. The molecule has 7 heteroatoms. The van der Waals surface area contributed by atoms with Crippen molar-refractivity contribution in [2.75, 3.05) is 23.2 Å². The van der Waals surface area contributed by atoms with Crippen molar-refractivity contribution in [1.29, 1.82) is 0 Å². The molecule has 6 nitrogen and oxygen atoms in total. The molecule has 0 heterocycles. The Morgan fingerprint density at radius 3 is 2.38 bits per heavy atom. The number of hydrogen-bond acceptors (Lipinski definition) is 5. The molecule has 0 fully saturated rings. The zero-order valence-electron chi connectivity index (χ0n) is 13.6. The van der Waals surface area contributed by atoms with Crippen LogP contribution in [0.4, 0.5) is 11.4 Å². The van der Waals surface area contributed by atoms with Gasteiger partial charge < -0.3 is 10.1 Å². The first kappa shape index (κ1) is 17.8. The minimum Gasteiger partial charge on any atom is -0.462 e. The van der Waals surface area contributed by atoms with Crippen LogP contribution in [0.2, 0.25) is 0 Å². The molecule has 0 saturated heterocycles. The monoisotopic (exact) mass is 348 g/mol. The molecule has 24 heavy (non-hydrogen) atoms. The Kier molecular flexibility index (Phi) is 5.81. The van der Waals surface area contributed by atoms with Gasteiger partial charge in [0.05, 0.1) is 28.4 Å². The molecular formula is C17H20N2O4S. The highest BCUT2D eigenvalue weighted by atomic mass is 32.2. The zero-order valence-corrected chi connectivity index (χ0v) is 14.4. The van der Waals surface area contributed by atoms with Gasteiger partial charge in [-0.25, -0.2) is 13.2 Å². The molecule has 0 aliphatic carbocycles. The maximum Gasteiger partial charge on any atom is 0.338 e. The van der Waals surface area contributed by atoms with Crippen LogP contribution in [0.25, 0.3) is 0 Å². The molecule has 0 saturated carbocycles. The van der Waals surface area contributed by atoms with E-state index in [4.69, 9.17) is 4.74 Å². The number of esters is 1. The molecule has 0 radical (unpaired) electrons. The van der Waals surface area contributed by atoms with Gasteiger partial charge in [0.15, 0.2) is 0 Å². The first-order valence-corrected chi connectivity index (χ1v) is 9.09. The van der Waals surface area contributed by atoms with Gasteiger partial charge in [-0.1, -0.05) is 18.2 Å². The lowest BCUT2D eigenvalue weighted by atomic mass is 10.1. The summed E-state index contributed by atoms with van der Waals surface area (Å²) in [6.45, 7) is 4.47. The lowest BCUT2D eigenvalue weighted by molar-refractivity contribution is 0.0526. The molecule has 0 amide bonds. The molecule has 0 aliphatic heterocycles. The van der Waals surface area contributed by atoms with Crippen LogP contribution < -0.4 is 10.0 Å². The molecule has 2 aromatic carbocycles. The van der Waals surface area contributed by atoms with E-state index in [0.29, 0.717) is 17.9 Å². The van der Waals surface area contributed by atoms with E-state index < -0.39 is 16.0 Å². The van der Waals surface area contributed by atoms with Gasteiger partial charge in [-0.3, -0.25) is 4.72 Å². The Bertz CT molecular complexity index is 805. The van der Waals surface area contributed by atoms with Gasteiger partial charge in [0.2, 0.25) is 0 Å². The first-order valence-electron chi connectivity index (χ1n) is 7.60. The number of rotatable bonds is 7. The lowest BCUT2D eigenvalue weighted by Gasteiger charge is -2.15. The van der Waals surface area contributed by atoms with Crippen LogP contribution in [0.15, 0.2) is 53.4 Å². The highest BCUT2D eigenvalue weighted by Gasteiger charge is 2.17. The number of anilines is 2. The normalized spacial score (nSPS) is 10.9. The summed E-state index contributed by atoms with van der Waals surface area (Å²) in [5, 5.41) is 3.07. The van der Waals surface area contributed by atoms with Crippen molar-refractivity contribution in [2.45, 2.75) is 18.7 Å². The highest BCUT2D eigenvalue weighted by molar-refractivity contribution is 7.92. The van der Waals surface area contributed by atoms with Crippen LogP contribution in [0.1, 0.15) is 24.2 Å². The zero-order chi connectivity index (χ0) is 17.6. The second kappa shape index (κ2) is 7.83. The summed E-state index contributed by atoms with van der Waals surface area (Å²) >= 11 is 0. The molecular weight excluding hydrogens is 328 g/mol. The van der Waals surface area contributed by atoms with E-state index in [1.165, 1.54) is 18.2 Å². The molecule has 2 rings (SSSR count). The Hall–Kier alpha value is -2.54. The molecule has 0 unspecified atom stereocenters. The topological polar surface area (TPSA) is 84.5 Å². The van der Waals surface area contributed by atoms with Gasteiger partial charge >= 0.3 is 5.97 Å². The Morgan fingerprint density at radius 1 is 1.04 bits per heavy atom. The summed E-state index contributed by atoms with van der Waals surface area (Å²) in [5.41, 5.74) is 1.17. The van der Waals surface area contributed by atoms with E-state index >= 15 is 0 Å². The van der Waals surface area contributed by atoms with E-state index in [1.54, 1.807) is 37.3 Å². The average Bonchev–Trinajstić information content (AvgIpc) is 2.57. The van der Waals surface area contributed by atoms with Crippen molar-refractivity contribution in [3.63, 3.8) is 0 Å². The van der Waals surface area contributed by atoms with Crippen LogP contribution in [0, 0.1) is 0 Å². The van der Waals surface area contributed by atoms with Crippen molar-refractivity contribution < 1.29 is 17.9 Å². The summed E-state index contributed by atoms with van der Waals surface area (Å²) in [4.78, 5) is 12.0.